The summed E-state index contributed by atoms with van der Waals surface area (Å²) in [4.78, 5) is 25.1. The van der Waals surface area contributed by atoms with E-state index in [1.54, 1.807) is 0 Å². The highest BCUT2D eigenvalue weighted by Crippen LogP contribution is 2.08. The molecule has 2 unspecified atom stereocenters. The largest absolute Gasteiger partial charge is 0.480 e. The van der Waals surface area contributed by atoms with Crippen molar-refractivity contribution in [2.75, 3.05) is 20.1 Å². The second-order valence-electron chi connectivity index (χ2n) is 5.53. The fourth-order valence-corrected chi connectivity index (χ4v) is 1.98. The summed E-state index contributed by atoms with van der Waals surface area (Å²) in [6.07, 6.45) is 4.21. The molecule has 0 rings (SSSR count). The van der Waals surface area contributed by atoms with Crippen LogP contribution in [0.25, 0.3) is 0 Å². The molecule has 118 valence electrons. The van der Waals surface area contributed by atoms with Crippen LogP contribution < -0.4 is 5.32 Å². The van der Waals surface area contributed by atoms with Gasteiger partial charge in [0.25, 0.3) is 0 Å². The van der Waals surface area contributed by atoms with Crippen molar-refractivity contribution in [3.63, 3.8) is 0 Å². The predicted molar refractivity (Wildman–Crippen MR) is 80.7 cm³/mol. The SMILES string of the molecule is CCCCN(C)CCCC(=O)NC(C(=O)O)C(C)CC. The Morgan fingerprint density at radius 3 is 2.30 bits per heavy atom. The molecule has 0 fully saturated rings. The Morgan fingerprint density at radius 2 is 1.80 bits per heavy atom. The molecule has 0 saturated carbocycles. The lowest BCUT2D eigenvalue weighted by Crippen LogP contribution is -2.45. The molecule has 0 aromatic heterocycles. The molecule has 0 aliphatic carbocycles. The summed E-state index contributed by atoms with van der Waals surface area (Å²) in [7, 11) is 2.05. The summed E-state index contributed by atoms with van der Waals surface area (Å²) in [5.74, 6) is -1.17. The Hall–Kier alpha value is -1.10. The fraction of sp³-hybridized carbons (Fsp3) is 0.867. The molecule has 0 saturated heterocycles. The van der Waals surface area contributed by atoms with E-state index in [0.717, 1.165) is 32.4 Å². The van der Waals surface area contributed by atoms with Crippen LogP contribution in [0.5, 0.6) is 0 Å². The molecule has 2 atom stereocenters. The zero-order valence-corrected chi connectivity index (χ0v) is 13.3. The standard InChI is InChI=1S/C15H30N2O3/c1-5-7-10-17(4)11-8-9-13(18)16-14(15(19)20)12(3)6-2/h12,14H,5-11H2,1-4H3,(H,16,18)(H,19,20). The Bertz CT molecular complexity index is 295. The molecule has 5 nitrogen and oxygen atoms in total. The molecular formula is C15H30N2O3. The average molecular weight is 286 g/mol. The van der Waals surface area contributed by atoms with E-state index in [-0.39, 0.29) is 11.8 Å². The lowest BCUT2D eigenvalue weighted by molar-refractivity contribution is -0.143. The Morgan fingerprint density at radius 1 is 1.20 bits per heavy atom. The molecule has 0 heterocycles. The van der Waals surface area contributed by atoms with E-state index in [0.29, 0.717) is 6.42 Å². The number of rotatable bonds is 11. The van der Waals surface area contributed by atoms with Crippen molar-refractivity contribution >= 4 is 11.9 Å². The third kappa shape index (κ3) is 8.15. The number of hydrogen-bond donors (Lipinski definition) is 2. The molecule has 0 bridgehead atoms. The second kappa shape index (κ2) is 10.7. The molecule has 0 aromatic carbocycles. The van der Waals surface area contributed by atoms with Gasteiger partial charge >= 0.3 is 5.97 Å². The molecule has 2 N–H and O–H groups in total. The highest BCUT2D eigenvalue weighted by atomic mass is 16.4. The normalized spacial score (nSPS) is 14.1. The number of nitrogens with one attached hydrogen (secondary N) is 1. The molecule has 0 aliphatic heterocycles. The molecule has 0 spiro atoms. The molecular weight excluding hydrogens is 256 g/mol. The van der Waals surface area contributed by atoms with Crippen molar-refractivity contribution in [1.82, 2.24) is 10.2 Å². The van der Waals surface area contributed by atoms with Gasteiger partial charge in [0.15, 0.2) is 0 Å². The van der Waals surface area contributed by atoms with Gasteiger partial charge < -0.3 is 15.3 Å². The van der Waals surface area contributed by atoms with Gasteiger partial charge in [-0.15, -0.1) is 0 Å². The van der Waals surface area contributed by atoms with Crippen molar-refractivity contribution < 1.29 is 14.7 Å². The minimum absolute atomic E-state index is 0.0522. The lowest BCUT2D eigenvalue weighted by atomic mass is 9.99. The smallest absolute Gasteiger partial charge is 0.326 e. The van der Waals surface area contributed by atoms with Crippen molar-refractivity contribution in [2.24, 2.45) is 5.92 Å². The van der Waals surface area contributed by atoms with Crippen LogP contribution in [0, 0.1) is 5.92 Å². The fourth-order valence-electron chi connectivity index (χ4n) is 1.98. The topological polar surface area (TPSA) is 69.6 Å². The van der Waals surface area contributed by atoms with Gasteiger partial charge in [-0.25, -0.2) is 4.79 Å². The summed E-state index contributed by atoms with van der Waals surface area (Å²) >= 11 is 0. The van der Waals surface area contributed by atoms with Gasteiger partial charge in [0.2, 0.25) is 5.91 Å². The van der Waals surface area contributed by atoms with Crippen LogP contribution in [0.2, 0.25) is 0 Å². The highest BCUT2D eigenvalue weighted by Gasteiger charge is 2.24. The first-order valence-electron chi connectivity index (χ1n) is 7.63. The van der Waals surface area contributed by atoms with Gasteiger partial charge in [0.05, 0.1) is 0 Å². The van der Waals surface area contributed by atoms with E-state index < -0.39 is 12.0 Å². The number of amides is 1. The van der Waals surface area contributed by atoms with Gasteiger partial charge in [-0.2, -0.15) is 0 Å². The first-order chi connectivity index (χ1) is 9.42. The van der Waals surface area contributed by atoms with Crippen molar-refractivity contribution in [2.45, 2.75) is 58.9 Å². The number of nitrogens with zero attached hydrogens (tertiary/aromatic N) is 1. The van der Waals surface area contributed by atoms with Gasteiger partial charge in [-0.3, -0.25) is 4.79 Å². The van der Waals surface area contributed by atoms with Crippen LogP contribution in [0.4, 0.5) is 0 Å². The van der Waals surface area contributed by atoms with E-state index >= 15 is 0 Å². The molecule has 20 heavy (non-hydrogen) atoms. The van der Waals surface area contributed by atoms with Gasteiger partial charge in [-0.1, -0.05) is 33.6 Å². The zero-order valence-electron chi connectivity index (χ0n) is 13.3. The highest BCUT2D eigenvalue weighted by molar-refractivity contribution is 5.83. The van der Waals surface area contributed by atoms with E-state index in [1.807, 2.05) is 20.9 Å². The van der Waals surface area contributed by atoms with Crippen LogP contribution in [-0.2, 0) is 9.59 Å². The molecule has 1 amide bonds. The van der Waals surface area contributed by atoms with Crippen LogP contribution in [0.3, 0.4) is 0 Å². The molecule has 5 heteroatoms. The summed E-state index contributed by atoms with van der Waals surface area (Å²) in [6.45, 7) is 7.84. The third-order valence-electron chi connectivity index (χ3n) is 3.63. The van der Waals surface area contributed by atoms with Crippen LogP contribution in [0.1, 0.15) is 52.9 Å². The van der Waals surface area contributed by atoms with Crippen molar-refractivity contribution in [3.05, 3.63) is 0 Å². The number of carbonyl (C=O) groups excluding carboxylic acids is 1. The molecule has 0 aliphatic rings. The molecule has 0 radical (unpaired) electrons. The van der Waals surface area contributed by atoms with Gasteiger partial charge in [-0.05, 0) is 38.9 Å². The minimum atomic E-state index is -0.951. The van der Waals surface area contributed by atoms with Crippen molar-refractivity contribution in [3.8, 4) is 0 Å². The van der Waals surface area contributed by atoms with Crippen LogP contribution in [0.15, 0.2) is 0 Å². The monoisotopic (exact) mass is 286 g/mol. The van der Waals surface area contributed by atoms with Crippen LogP contribution in [-0.4, -0.2) is 48.1 Å². The number of carbonyl (C=O) groups is 2. The number of hydrogen-bond acceptors (Lipinski definition) is 3. The number of carboxylic acids is 1. The molecule has 0 aromatic rings. The first-order valence-corrected chi connectivity index (χ1v) is 7.63. The minimum Gasteiger partial charge on any atom is -0.480 e. The number of carboxylic acid groups (broad SMARTS) is 1. The zero-order chi connectivity index (χ0) is 15.5. The van der Waals surface area contributed by atoms with Gasteiger partial charge in [0, 0.05) is 6.42 Å². The first kappa shape index (κ1) is 18.9. The number of unbranched alkanes of at least 4 members (excludes halogenated alkanes) is 1. The third-order valence-corrected chi connectivity index (χ3v) is 3.63. The Labute approximate surface area is 122 Å². The maximum absolute atomic E-state index is 11.8. The van der Waals surface area contributed by atoms with E-state index in [1.165, 1.54) is 6.42 Å². The maximum Gasteiger partial charge on any atom is 0.326 e. The van der Waals surface area contributed by atoms with Gasteiger partial charge in [0.1, 0.15) is 6.04 Å². The van der Waals surface area contributed by atoms with E-state index in [9.17, 15) is 9.59 Å². The number of aliphatic carboxylic acids is 1. The van der Waals surface area contributed by atoms with E-state index in [4.69, 9.17) is 5.11 Å². The van der Waals surface area contributed by atoms with E-state index in [2.05, 4.69) is 17.1 Å². The maximum atomic E-state index is 11.8. The second-order valence-corrected chi connectivity index (χ2v) is 5.53. The average Bonchev–Trinajstić information content (AvgIpc) is 2.41. The summed E-state index contributed by atoms with van der Waals surface area (Å²) in [5.41, 5.74) is 0. The van der Waals surface area contributed by atoms with Crippen LogP contribution >= 0.6 is 0 Å². The lowest BCUT2D eigenvalue weighted by Gasteiger charge is -2.20. The Balaban J connectivity index is 3.99. The summed E-state index contributed by atoms with van der Waals surface area (Å²) < 4.78 is 0. The van der Waals surface area contributed by atoms with Crippen molar-refractivity contribution in [1.29, 1.82) is 0 Å². The summed E-state index contributed by atoms with van der Waals surface area (Å²) in [5, 5.41) is 11.7. The summed E-state index contributed by atoms with van der Waals surface area (Å²) in [6, 6.07) is -0.773. The Kier molecular flexibility index (Phi) is 10.1. The predicted octanol–water partition coefficient (Wildman–Crippen LogP) is 2.11. The quantitative estimate of drug-likeness (QED) is 0.610.